The van der Waals surface area contributed by atoms with Crippen LogP contribution in [0.2, 0.25) is 0 Å². The van der Waals surface area contributed by atoms with E-state index in [0.29, 0.717) is 22.9 Å². The number of rotatable bonds is 6. The summed E-state index contributed by atoms with van der Waals surface area (Å²) in [6.45, 7) is 7.50. The van der Waals surface area contributed by atoms with Crippen molar-refractivity contribution in [3.63, 3.8) is 0 Å². The number of nitrogens with zero attached hydrogens (tertiary/aromatic N) is 3. The Morgan fingerprint density at radius 2 is 1.91 bits per heavy atom. The van der Waals surface area contributed by atoms with Gasteiger partial charge in [-0.2, -0.15) is 0 Å². The molecule has 0 unspecified atom stereocenters. The molecule has 1 aromatic heterocycles. The van der Waals surface area contributed by atoms with Gasteiger partial charge in [0.25, 0.3) is 5.91 Å². The first-order valence-electron chi connectivity index (χ1n) is 7.55. The van der Waals surface area contributed by atoms with Crippen LogP contribution in [0, 0.1) is 6.92 Å². The van der Waals surface area contributed by atoms with Crippen LogP contribution in [0.25, 0.3) is 0 Å². The molecule has 0 atom stereocenters. The maximum absolute atomic E-state index is 12.2. The molecule has 1 heterocycles. The summed E-state index contributed by atoms with van der Waals surface area (Å²) in [4.78, 5) is 22.5. The third-order valence-electron chi connectivity index (χ3n) is 3.61. The molecule has 0 fully saturated rings. The number of hydrogen-bond donors (Lipinski definition) is 3. The molecule has 0 saturated carbocycles. The molecule has 2 rings (SSSR count). The van der Waals surface area contributed by atoms with E-state index in [1.54, 1.807) is 6.07 Å². The lowest BCUT2D eigenvalue weighted by molar-refractivity contribution is 0.0962. The van der Waals surface area contributed by atoms with Crippen molar-refractivity contribution in [2.24, 2.45) is 0 Å². The monoisotopic (exact) mass is 314 g/mol. The number of aromatic nitrogens is 2. The minimum absolute atomic E-state index is 0.245. The summed E-state index contributed by atoms with van der Waals surface area (Å²) in [5.41, 5.74) is 13.4. The van der Waals surface area contributed by atoms with E-state index < -0.39 is 0 Å². The van der Waals surface area contributed by atoms with Gasteiger partial charge >= 0.3 is 0 Å². The molecule has 1 amide bonds. The molecule has 0 saturated heterocycles. The van der Waals surface area contributed by atoms with E-state index in [-0.39, 0.29) is 5.91 Å². The minimum atomic E-state index is -0.245. The number of carbonyl (C=O) groups excluding carboxylic acids is 1. The molecule has 1 aromatic carbocycles. The number of benzene rings is 1. The summed E-state index contributed by atoms with van der Waals surface area (Å²) in [6.07, 6.45) is 1.42. The molecule has 7 nitrogen and oxygen atoms in total. The van der Waals surface area contributed by atoms with Gasteiger partial charge in [-0.05, 0) is 32.4 Å². The number of aryl methyl sites for hydroxylation is 1. The predicted molar refractivity (Wildman–Crippen MR) is 92.3 cm³/mol. The van der Waals surface area contributed by atoms with Crippen LogP contribution in [0.5, 0.6) is 0 Å². The van der Waals surface area contributed by atoms with Crippen molar-refractivity contribution in [3.8, 4) is 0 Å². The van der Waals surface area contributed by atoms with Crippen molar-refractivity contribution >= 4 is 23.2 Å². The Morgan fingerprint density at radius 1 is 1.22 bits per heavy atom. The zero-order valence-electron chi connectivity index (χ0n) is 13.6. The fraction of sp³-hybridized carbons (Fsp3) is 0.312. The zero-order chi connectivity index (χ0) is 16.8. The molecule has 7 heteroatoms. The fourth-order valence-electron chi connectivity index (χ4n) is 2.27. The summed E-state index contributed by atoms with van der Waals surface area (Å²) < 4.78 is 0. The molecule has 0 aliphatic carbocycles. The van der Waals surface area contributed by atoms with E-state index >= 15 is 0 Å². The largest absolute Gasteiger partial charge is 0.393 e. The average molecular weight is 314 g/mol. The van der Waals surface area contributed by atoms with Crippen LogP contribution in [0.1, 0.15) is 29.8 Å². The van der Waals surface area contributed by atoms with Gasteiger partial charge in [-0.25, -0.2) is 9.97 Å². The van der Waals surface area contributed by atoms with Crippen LogP contribution in [0.15, 0.2) is 30.6 Å². The summed E-state index contributed by atoms with van der Waals surface area (Å²) in [7, 11) is 0. The Hall–Kier alpha value is -2.83. The normalized spacial score (nSPS) is 10.2. The molecule has 4 N–H and O–H groups in total. The molecule has 0 aliphatic rings. The molecule has 23 heavy (non-hydrogen) atoms. The van der Waals surface area contributed by atoms with Crippen LogP contribution < -0.4 is 21.5 Å². The molecular weight excluding hydrogens is 292 g/mol. The van der Waals surface area contributed by atoms with Gasteiger partial charge in [0.2, 0.25) is 0 Å². The van der Waals surface area contributed by atoms with Crippen molar-refractivity contribution in [1.29, 1.82) is 0 Å². The first-order chi connectivity index (χ1) is 11.1. The molecule has 0 radical (unpaired) electrons. The SMILES string of the molecule is CCN(CC)c1ncnc(NNC(=O)c2ccccc2C)c1N. The minimum Gasteiger partial charge on any atom is -0.393 e. The van der Waals surface area contributed by atoms with Crippen LogP contribution in [0.3, 0.4) is 0 Å². The quantitative estimate of drug-likeness (QED) is 0.706. The van der Waals surface area contributed by atoms with Gasteiger partial charge in [-0.15, -0.1) is 0 Å². The van der Waals surface area contributed by atoms with Gasteiger partial charge < -0.3 is 10.6 Å². The highest BCUT2D eigenvalue weighted by atomic mass is 16.2. The first kappa shape index (κ1) is 16.5. The van der Waals surface area contributed by atoms with Gasteiger partial charge in [0.05, 0.1) is 0 Å². The maximum Gasteiger partial charge on any atom is 0.269 e. The Balaban J connectivity index is 2.14. The highest BCUT2D eigenvalue weighted by molar-refractivity contribution is 5.96. The van der Waals surface area contributed by atoms with Crippen molar-refractivity contribution < 1.29 is 4.79 Å². The first-order valence-corrected chi connectivity index (χ1v) is 7.55. The summed E-state index contributed by atoms with van der Waals surface area (Å²) in [6, 6.07) is 7.35. The second-order valence-corrected chi connectivity index (χ2v) is 5.03. The highest BCUT2D eigenvalue weighted by Crippen LogP contribution is 2.25. The number of carbonyl (C=O) groups is 1. The van der Waals surface area contributed by atoms with E-state index in [1.165, 1.54) is 6.33 Å². The van der Waals surface area contributed by atoms with Gasteiger partial charge in [-0.3, -0.25) is 15.6 Å². The molecular formula is C16H22N6O. The van der Waals surface area contributed by atoms with Gasteiger partial charge in [0.15, 0.2) is 11.6 Å². The zero-order valence-corrected chi connectivity index (χ0v) is 13.6. The average Bonchev–Trinajstić information content (AvgIpc) is 2.56. The second kappa shape index (κ2) is 7.44. The van der Waals surface area contributed by atoms with Crippen LogP contribution in [-0.2, 0) is 0 Å². The third kappa shape index (κ3) is 3.68. The van der Waals surface area contributed by atoms with Crippen LogP contribution in [-0.4, -0.2) is 29.0 Å². The molecule has 0 aliphatic heterocycles. The van der Waals surface area contributed by atoms with E-state index in [2.05, 4.69) is 20.8 Å². The highest BCUT2D eigenvalue weighted by Gasteiger charge is 2.14. The van der Waals surface area contributed by atoms with Crippen LogP contribution >= 0.6 is 0 Å². The van der Waals surface area contributed by atoms with Crippen molar-refractivity contribution in [2.45, 2.75) is 20.8 Å². The number of nitrogens with two attached hydrogens (primary N) is 1. The van der Waals surface area contributed by atoms with Crippen LogP contribution in [0.4, 0.5) is 17.3 Å². The topological polar surface area (TPSA) is 96.2 Å². The van der Waals surface area contributed by atoms with E-state index in [1.807, 2.05) is 43.9 Å². The van der Waals surface area contributed by atoms with E-state index in [4.69, 9.17) is 5.73 Å². The number of hydrazine groups is 1. The summed E-state index contributed by atoms with van der Waals surface area (Å²) in [5, 5.41) is 0. The number of nitrogens with one attached hydrogen (secondary N) is 2. The third-order valence-corrected chi connectivity index (χ3v) is 3.61. The Bertz CT molecular complexity index is 684. The standard InChI is InChI=1S/C16H22N6O/c1-4-22(5-2)15-13(17)14(18-10-19-15)20-21-16(23)12-9-7-6-8-11(12)3/h6-10H,4-5,17H2,1-3H3,(H,21,23)(H,18,19,20). The van der Waals surface area contributed by atoms with E-state index in [0.717, 1.165) is 18.7 Å². The van der Waals surface area contributed by atoms with Gasteiger partial charge in [-0.1, -0.05) is 18.2 Å². The van der Waals surface area contributed by atoms with Gasteiger partial charge in [0.1, 0.15) is 12.0 Å². The van der Waals surface area contributed by atoms with Crippen molar-refractivity contribution in [2.75, 3.05) is 29.1 Å². The number of nitrogen functional groups attached to an aromatic ring is 1. The summed E-state index contributed by atoms with van der Waals surface area (Å²) in [5.74, 6) is 0.784. The lowest BCUT2D eigenvalue weighted by Gasteiger charge is -2.22. The number of anilines is 3. The Morgan fingerprint density at radius 3 is 2.57 bits per heavy atom. The van der Waals surface area contributed by atoms with E-state index in [9.17, 15) is 4.79 Å². The number of hydrogen-bond acceptors (Lipinski definition) is 6. The maximum atomic E-state index is 12.2. The molecule has 122 valence electrons. The Labute approximate surface area is 135 Å². The smallest absolute Gasteiger partial charge is 0.269 e. The van der Waals surface area contributed by atoms with Crippen molar-refractivity contribution in [3.05, 3.63) is 41.7 Å². The Kier molecular flexibility index (Phi) is 5.35. The fourth-order valence-corrected chi connectivity index (χ4v) is 2.27. The predicted octanol–water partition coefficient (Wildman–Crippen LogP) is 1.97. The molecule has 0 bridgehead atoms. The second-order valence-electron chi connectivity index (χ2n) is 5.03. The lowest BCUT2D eigenvalue weighted by atomic mass is 10.1. The van der Waals surface area contributed by atoms with Gasteiger partial charge in [0, 0.05) is 18.7 Å². The molecule has 0 spiro atoms. The molecule has 2 aromatic rings. The number of amides is 1. The van der Waals surface area contributed by atoms with Crippen molar-refractivity contribution in [1.82, 2.24) is 15.4 Å². The summed E-state index contributed by atoms with van der Waals surface area (Å²) >= 11 is 0. The lowest BCUT2D eigenvalue weighted by Crippen LogP contribution is -2.31.